The summed E-state index contributed by atoms with van der Waals surface area (Å²) in [7, 11) is 0. The highest BCUT2D eigenvalue weighted by atomic mass is 35.5. The zero-order valence-electron chi connectivity index (χ0n) is 8.44. The first-order chi connectivity index (χ1) is 7.54. The van der Waals surface area contributed by atoms with Crippen molar-refractivity contribution in [2.75, 3.05) is 10.9 Å². The first-order valence-electron chi connectivity index (χ1n) is 4.37. The molecule has 0 aliphatic rings. The lowest BCUT2D eigenvalue weighted by molar-refractivity contribution is -0.147. The van der Waals surface area contributed by atoms with Crippen LogP contribution in [0.3, 0.4) is 0 Å². The lowest BCUT2D eigenvalue weighted by atomic mass is 10.3. The van der Waals surface area contributed by atoms with Crippen LogP contribution in [0.5, 0.6) is 0 Å². The van der Waals surface area contributed by atoms with E-state index in [-0.39, 0.29) is 11.6 Å². The molecule has 0 fully saturated rings. The molecule has 1 rings (SSSR count). The predicted octanol–water partition coefficient (Wildman–Crippen LogP) is 1.88. The number of nitrogens with zero attached hydrogens (tertiary/aromatic N) is 1. The standard InChI is InChI=1S/C10H9ClFNO3/c1-7(14)16-13(10(15)6-11)9-4-2-8(12)3-5-9/h2-5H,6H2,1H3. The fourth-order valence-electron chi connectivity index (χ4n) is 1.01. The Labute approximate surface area is 96.5 Å². The Hall–Kier alpha value is -1.62. The quantitative estimate of drug-likeness (QED) is 0.590. The number of hydroxylamine groups is 1. The molecule has 0 saturated heterocycles. The molecule has 0 heterocycles. The Balaban J connectivity index is 2.96. The highest BCUT2D eigenvalue weighted by Crippen LogP contribution is 2.16. The monoisotopic (exact) mass is 245 g/mol. The summed E-state index contributed by atoms with van der Waals surface area (Å²) in [6.45, 7) is 1.15. The Kier molecular flexibility index (Phi) is 4.25. The molecule has 86 valence electrons. The molecule has 1 amide bonds. The molecule has 6 heteroatoms. The third-order valence-electron chi connectivity index (χ3n) is 1.62. The highest BCUT2D eigenvalue weighted by Gasteiger charge is 2.18. The zero-order valence-corrected chi connectivity index (χ0v) is 9.20. The number of hydrogen-bond acceptors (Lipinski definition) is 3. The maximum absolute atomic E-state index is 12.7. The Bertz CT molecular complexity index is 394. The van der Waals surface area contributed by atoms with Crippen molar-refractivity contribution in [2.45, 2.75) is 6.92 Å². The van der Waals surface area contributed by atoms with Gasteiger partial charge in [0.05, 0.1) is 5.69 Å². The minimum Gasteiger partial charge on any atom is -0.333 e. The van der Waals surface area contributed by atoms with E-state index in [9.17, 15) is 14.0 Å². The molecule has 0 aromatic heterocycles. The van der Waals surface area contributed by atoms with Gasteiger partial charge in [-0.1, -0.05) is 0 Å². The molecule has 0 aliphatic heterocycles. The molecule has 0 atom stereocenters. The number of carbonyl (C=O) groups is 2. The van der Waals surface area contributed by atoms with Crippen LogP contribution >= 0.6 is 11.6 Å². The molecule has 1 aromatic carbocycles. The Morgan fingerprint density at radius 2 is 1.94 bits per heavy atom. The molecule has 0 bridgehead atoms. The topological polar surface area (TPSA) is 46.6 Å². The van der Waals surface area contributed by atoms with Gasteiger partial charge in [-0.3, -0.25) is 4.79 Å². The molecule has 16 heavy (non-hydrogen) atoms. The van der Waals surface area contributed by atoms with Crippen LogP contribution in [0.15, 0.2) is 24.3 Å². The normalized spacial score (nSPS) is 9.69. The van der Waals surface area contributed by atoms with Crippen LogP contribution in [-0.2, 0) is 14.4 Å². The minimum atomic E-state index is -0.664. The number of benzene rings is 1. The zero-order chi connectivity index (χ0) is 12.1. The lowest BCUT2D eigenvalue weighted by Gasteiger charge is -2.19. The van der Waals surface area contributed by atoms with E-state index in [0.717, 1.165) is 24.1 Å². The van der Waals surface area contributed by atoms with Gasteiger partial charge in [0.15, 0.2) is 0 Å². The maximum Gasteiger partial charge on any atom is 0.330 e. The van der Waals surface area contributed by atoms with Gasteiger partial charge in [-0.15, -0.1) is 16.7 Å². The van der Waals surface area contributed by atoms with E-state index in [1.54, 1.807) is 0 Å². The van der Waals surface area contributed by atoms with Crippen molar-refractivity contribution in [3.05, 3.63) is 30.1 Å². The molecule has 0 aliphatic carbocycles. The van der Waals surface area contributed by atoms with Gasteiger partial charge in [-0.25, -0.2) is 9.18 Å². The van der Waals surface area contributed by atoms with Crippen LogP contribution < -0.4 is 5.06 Å². The Morgan fingerprint density at radius 3 is 2.38 bits per heavy atom. The minimum absolute atomic E-state index is 0.238. The summed E-state index contributed by atoms with van der Waals surface area (Å²) in [6.07, 6.45) is 0. The van der Waals surface area contributed by atoms with E-state index in [2.05, 4.69) is 4.84 Å². The van der Waals surface area contributed by atoms with Gasteiger partial charge >= 0.3 is 5.97 Å². The summed E-state index contributed by atoms with van der Waals surface area (Å²) >= 11 is 5.35. The third kappa shape index (κ3) is 3.20. The number of anilines is 1. The molecule has 0 radical (unpaired) electrons. The van der Waals surface area contributed by atoms with Crippen molar-refractivity contribution < 1.29 is 18.8 Å². The van der Waals surface area contributed by atoms with Crippen molar-refractivity contribution in [1.29, 1.82) is 0 Å². The first kappa shape index (κ1) is 12.4. The molecular formula is C10H9ClFNO3. The van der Waals surface area contributed by atoms with Gasteiger partial charge in [-0.2, -0.15) is 0 Å². The fraction of sp³-hybridized carbons (Fsp3) is 0.200. The van der Waals surface area contributed by atoms with Crippen LogP contribution in [0.25, 0.3) is 0 Å². The van der Waals surface area contributed by atoms with Gasteiger partial charge in [0.1, 0.15) is 11.7 Å². The lowest BCUT2D eigenvalue weighted by Crippen LogP contribution is -2.33. The number of halogens is 2. The predicted molar refractivity (Wildman–Crippen MR) is 56.4 cm³/mol. The second-order valence-electron chi connectivity index (χ2n) is 2.88. The average molecular weight is 246 g/mol. The van der Waals surface area contributed by atoms with E-state index in [4.69, 9.17) is 11.6 Å². The molecule has 4 nitrogen and oxygen atoms in total. The summed E-state index contributed by atoms with van der Waals surface area (Å²) in [5, 5.41) is 0.731. The van der Waals surface area contributed by atoms with Crippen LogP contribution in [-0.4, -0.2) is 17.8 Å². The smallest absolute Gasteiger partial charge is 0.330 e. The van der Waals surface area contributed by atoms with Gasteiger partial charge < -0.3 is 4.84 Å². The van der Waals surface area contributed by atoms with Crippen molar-refractivity contribution in [3.63, 3.8) is 0 Å². The average Bonchev–Trinajstić information content (AvgIpc) is 2.26. The first-order valence-corrected chi connectivity index (χ1v) is 4.91. The fourth-order valence-corrected chi connectivity index (χ4v) is 1.12. The number of carbonyl (C=O) groups excluding carboxylic acids is 2. The van der Waals surface area contributed by atoms with E-state index in [0.29, 0.717) is 0 Å². The SMILES string of the molecule is CC(=O)ON(C(=O)CCl)c1ccc(F)cc1. The Morgan fingerprint density at radius 1 is 1.38 bits per heavy atom. The molecule has 0 N–H and O–H groups in total. The van der Waals surface area contributed by atoms with Crippen molar-refractivity contribution in [1.82, 2.24) is 0 Å². The van der Waals surface area contributed by atoms with E-state index in [1.807, 2.05) is 0 Å². The van der Waals surface area contributed by atoms with Crippen molar-refractivity contribution >= 4 is 29.2 Å². The summed E-state index contributed by atoms with van der Waals surface area (Å²) in [4.78, 5) is 26.8. The number of alkyl halides is 1. The number of hydrogen-bond donors (Lipinski definition) is 0. The van der Waals surface area contributed by atoms with Crippen LogP contribution in [0, 0.1) is 5.82 Å². The van der Waals surface area contributed by atoms with E-state index < -0.39 is 17.7 Å². The maximum atomic E-state index is 12.7. The van der Waals surface area contributed by atoms with Crippen LogP contribution in [0.1, 0.15) is 6.92 Å². The number of amides is 1. The largest absolute Gasteiger partial charge is 0.333 e. The van der Waals surface area contributed by atoms with Crippen molar-refractivity contribution in [3.8, 4) is 0 Å². The van der Waals surface area contributed by atoms with Crippen LogP contribution in [0.2, 0.25) is 0 Å². The van der Waals surface area contributed by atoms with Crippen LogP contribution in [0.4, 0.5) is 10.1 Å². The third-order valence-corrected chi connectivity index (χ3v) is 1.85. The number of rotatable bonds is 2. The molecule has 0 unspecified atom stereocenters. The molecule has 1 aromatic rings. The van der Waals surface area contributed by atoms with Gasteiger partial charge in [0.2, 0.25) is 0 Å². The van der Waals surface area contributed by atoms with Gasteiger partial charge in [0.25, 0.3) is 5.91 Å². The van der Waals surface area contributed by atoms with E-state index in [1.165, 1.54) is 12.1 Å². The molecular weight excluding hydrogens is 237 g/mol. The summed E-state index contributed by atoms with van der Waals surface area (Å²) in [6, 6.07) is 4.91. The highest BCUT2D eigenvalue weighted by molar-refractivity contribution is 6.29. The second kappa shape index (κ2) is 5.46. The summed E-state index contributed by atoms with van der Waals surface area (Å²) in [5.74, 6) is -2.07. The molecule has 0 saturated carbocycles. The van der Waals surface area contributed by atoms with Gasteiger partial charge in [-0.05, 0) is 24.3 Å². The van der Waals surface area contributed by atoms with E-state index >= 15 is 0 Å². The summed E-state index contributed by atoms with van der Waals surface area (Å²) in [5.41, 5.74) is 0.238. The summed E-state index contributed by atoms with van der Waals surface area (Å²) < 4.78 is 12.7. The molecule has 0 spiro atoms. The van der Waals surface area contributed by atoms with Crippen molar-refractivity contribution in [2.24, 2.45) is 0 Å². The second-order valence-corrected chi connectivity index (χ2v) is 3.15. The van der Waals surface area contributed by atoms with Gasteiger partial charge in [0, 0.05) is 6.92 Å².